The van der Waals surface area contributed by atoms with Crippen LogP contribution in [-0.2, 0) is 9.59 Å². The Labute approximate surface area is 177 Å². The zero-order valence-electron chi connectivity index (χ0n) is 17.6. The second kappa shape index (κ2) is 10.1. The van der Waals surface area contributed by atoms with Crippen LogP contribution in [0.1, 0.15) is 55.1 Å². The highest BCUT2D eigenvalue weighted by molar-refractivity contribution is 6.00. The molecule has 6 heteroatoms. The maximum Gasteiger partial charge on any atom is 0.253 e. The summed E-state index contributed by atoms with van der Waals surface area (Å²) >= 11 is 0. The molecule has 1 atom stereocenters. The summed E-state index contributed by atoms with van der Waals surface area (Å²) in [4.78, 5) is 39.9. The number of hydrogen-bond acceptors (Lipinski definition) is 3. The number of benzene rings is 2. The van der Waals surface area contributed by atoms with Gasteiger partial charge in [0.25, 0.3) is 11.8 Å². The van der Waals surface area contributed by atoms with E-state index < -0.39 is 6.04 Å². The van der Waals surface area contributed by atoms with Gasteiger partial charge >= 0.3 is 0 Å². The fourth-order valence-corrected chi connectivity index (χ4v) is 3.58. The summed E-state index contributed by atoms with van der Waals surface area (Å²) in [7, 11) is 0. The van der Waals surface area contributed by atoms with E-state index in [9.17, 15) is 14.4 Å². The lowest BCUT2D eigenvalue weighted by molar-refractivity contribution is -0.127. The molecule has 2 aromatic carbocycles. The van der Waals surface area contributed by atoms with Crippen molar-refractivity contribution < 1.29 is 14.4 Å². The molecule has 158 valence electrons. The molecule has 0 aliphatic carbocycles. The van der Waals surface area contributed by atoms with Gasteiger partial charge in [0.1, 0.15) is 6.04 Å². The Morgan fingerprint density at radius 3 is 2.33 bits per heavy atom. The molecule has 0 radical (unpaired) electrons. The number of anilines is 1. The van der Waals surface area contributed by atoms with E-state index in [-0.39, 0.29) is 23.6 Å². The number of rotatable bonds is 7. The molecule has 1 aliphatic heterocycles. The van der Waals surface area contributed by atoms with Gasteiger partial charge in [-0.05, 0) is 42.5 Å². The second-order valence-electron chi connectivity index (χ2n) is 8.08. The van der Waals surface area contributed by atoms with Gasteiger partial charge in [0, 0.05) is 30.8 Å². The van der Waals surface area contributed by atoms with Crippen molar-refractivity contribution in [2.24, 2.45) is 5.92 Å². The fraction of sp³-hybridized carbons (Fsp3) is 0.375. The van der Waals surface area contributed by atoms with Gasteiger partial charge < -0.3 is 15.5 Å². The summed E-state index contributed by atoms with van der Waals surface area (Å²) in [5.74, 6) is -0.345. The Morgan fingerprint density at radius 2 is 1.67 bits per heavy atom. The Bertz CT molecular complexity index is 890. The molecule has 30 heavy (non-hydrogen) atoms. The van der Waals surface area contributed by atoms with Gasteiger partial charge in [-0.3, -0.25) is 14.4 Å². The Morgan fingerprint density at radius 1 is 0.967 bits per heavy atom. The Balaban J connectivity index is 1.75. The Hall–Kier alpha value is -3.15. The fourth-order valence-electron chi connectivity index (χ4n) is 3.58. The number of amides is 3. The van der Waals surface area contributed by atoms with E-state index in [1.807, 2.05) is 49.1 Å². The topological polar surface area (TPSA) is 78.5 Å². The highest BCUT2D eigenvalue weighted by Gasteiger charge is 2.24. The molecular weight excluding hydrogens is 378 g/mol. The van der Waals surface area contributed by atoms with Crippen LogP contribution in [0.3, 0.4) is 0 Å². The second-order valence-corrected chi connectivity index (χ2v) is 8.08. The molecule has 3 rings (SSSR count). The number of hydrogen-bond donors (Lipinski definition) is 2. The molecule has 0 bridgehead atoms. The third-order valence-corrected chi connectivity index (χ3v) is 5.06. The van der Waals surface area contributed by atoms with Gasteiger partial charge in [-0.25, -0.2) is 0 Å². The summed E-state index contributed by atoms with van der Waals surface area (Å²) in [5, 5.41) is 5.70. The maximum absolute atomic E-state index is 13.1. The van der Waals surface area contributed by atoms with Crippen LogP contribution < -0.4 is 10.6 Å². The van der Waals surface area contributed by atoms with Crippen LogP contribution in [0.4, 0.5) is 5.69 Å². The first-order valence-corrected chi connectivity index (χ1v) is 10.5. The molecule has 1 unspecified atom stereocenters. The number of likely N-dealkylation sites (tertiary alicyclic amines) is 1. The number of nitrogens with zero attached hydrogens (tertiary/aromatic N) is 1. The van der Waals surface area contributed by atoms with Crippen molar-refractivity contribution in [3.8, 4) is 0 Å². The number of carbonyl (C=O) groups excluding carboxylic acids is 3. The average Bonchev–Trinajstić information content (AvgIpc) is 3.26. The van der Waals surface area contributed by atoms with E-state index in [0.29, 0.717) is 23.2 Å². The van der Waals surface area contributed by atoms with Crippen LogP contribution in [0, 0.1) is 5.92 Å². The predicted molar refractivity (Wildman–Crippen MR) is 117 cm³/mol. The average molecular weight is 408 g/mol. The third kappa shape index (κ3) is 5.69. The molecule has 2 N–H and O–H groups in total. The standard InChI is InChI=1S/C24H29N3O3/c1-17(2)15-21(28)26-22(18-9-4-3-5-10-18)23(29)25-20-12-8-11-19(16-20)24(30)27-13-6-7-14-27/h3-5,8-12,16-17,22H,6-7,13-15H2,1-2H3,(H,25,29)(H,26,28). The molecule has 1 heterocycles. The Kier molecular flexibility index (Phi) is 7.22. The molecule has 2 aromatic rings. The van der Waals surface area contributed by atoms with Crippen LogP contribution in [0.25, 0.3) is 0 Å². The summed E-state index contributed by atoms with van der Waals surface area (Å²) in [5.41, 5.74) is 1.79. The zero-order valence-corrected chi connectivity index (χ0v) is 17.6. The van der Waals surface area contributed by atoms with Gasteiger partial charge in [-0.15, -0.1) is 0 Å². The zero-order chi connectivity index (χ0) is 21.5. The van der Waals surface area contributed by atoms with E-state index in [1.54, 1.807) is 24.3 Å². The molecule has 1 fully saturated rings. The van der Waals surface area contributed by atoms with Crippen molar-refractivity contribution in [1.82, 2.24) is 10.2 Å². The molecule has 0 spiro atoms. The van der Waals surface area contributed by atoms with Crippen molar-refractivity contribution in [2.75, 3.05) is 18.4 Å². The summed E-state index contributed by atoms with van der Waals surface area (Å²) in [6, 6.07) is 15.3. The molecule has 6 nitrogen and oxygen atoms in total. The van der Waals surface area contributed by atoms with E-state index in [1.165, 1.54) is 0 Å². The lowest BCUT2D eigenvalue weighted by Gasteiger charge is -2.20. The lowest BCUT2D eigenvalue weighted by atomic mass is 10.0. The van der Waals surface area contributed by atoms with E-state index in [2.05, 4.69) is 10.6 Å². The first-order chi connectivity index (χ1) is 14.4. The van der Waals surface area contributed by atoms with Crippen molar-refractivity contribution in [3.63, 3.8) is 0 Å². The van der Waals surface area contributed by atoms with E-state index in [4.69, 9.17) is 0 Å². The van der Waals surface area contributed by atoms with Crippen LogP contribution in [0.5, 0.6) is 0 Å². The first-order valence-electron chi connectivity index (χ1n) is 10.5. The van der Waals surface area contributed by atoms with Crippen molar-refractivity contribution in [3.05, 3.63) is 65.7 Å². The van der Waals surface area contributed by atoms with Gasteiger partial charge in [0.05, 0.1) is 0 Å². The summed E-state index contributed by atoms with van der Waals surface area (Å²) in [6.45, 7) is 5.46. The van der Waals surface area contributed by atoms with Crippen molar-refractivity contribution >= 4 is 23.4 Å². The highest BCUT2D eigenvalue weighted by Crippen LogP contribution is 2.20. The predicted octanol–water partition coefficient (Wildman–Crippen LogP) is 3.76. The minimum atomic E-state index is -0.810. The maximum atomic E-state index is 13.1. The normalized spacial score (nSPS) is 14.4. The molecule has 3 amide bonds. The van der Waals surface area contributed by atoms with Crippen LogP contribution >= 0.6 is 0 Å². The smallest absolute Gasteiger partial charge is 0.253 e. The minimum Gasteiger partial charge on any atom is -0.341 e. The summed E-state index contributed by atoms with van der Waals surface area (Å²) in [6.07, 6.45) is 2.39. The van der Waals surface area contributed by atoms with Gasteiger partial charge in [-0.2, -0.15) is 0 Å². The van der Waals surface area contributed by atoms with Crippen LogP contribution in [0.15, 0.2) is 54.6 Å². The van der Waals surface area contributed by atoms with E-state index >= 15 is 0 Å². The molecule has 0 saturated carbocycles. The number of nitrogens with one attached hydrogen (secondary N) is 2. The summed E-state index contributed by atoms with van der Waals surface area (Å²) < 4.78 is 0. The van der Waals surface area contributed by atoms with Crippen molar-refractivity contribution in [2.45, 2.75) is 39.2 Å². The molecule has 1 aliphatic rings. The lowest BCUT2D eigenvalue weighted by Crippen LogP contribution is -2.37. The van der Waals surface area contributed by atoms with E-state index in [0.717, 1.165) is 25.9 Å². The van der Waals surface area contributed by atoms with Crippen LogP contribution in [-0.4, -0.2) is 35.7 Å². The number of carbonyl (C=O) groups is 3. The van der Waals surface area contributed by atoms with Gasteiger partial charge in [0.15, 0.2) is 0 Å². The quantitative estimate of drug-likeness (QED) is 0.733. The first kappa shape index (κ1) is 21.6. The molecule has 1 saturated heterocycles. The SMILES string of the molecule is CC(C)CC(=O)NC(C(=O)Nc1cccc(C(=O)N2CCCC2)c1)c1ccccc1. The minimum absolute atomic E-state index is 0.0200. The largest absolute Gasteiger partial charge is 0.341 e. The van der Waals surface area contributed by atoms with Gasteiger partial charge in [-0.1, -0.05) is 50.2 Å². The third-order valence-electron chi connectivity index (χ3n) is 5.06. The highest BCUT2D eigenvalue weighted by atomic mass is 16.2. The van der Waals surface area contributed by atoms with Gasteiger partial charge in [0.2, 0.25) is 5.91 Å². The van der Waals surface area contributed by atoms with Crippen molar-refractivity contribution in [1.29, 1.82) is 0 Å². The van der Waals surface area contributed by atoms with Crippen LogP contribution in [0.2, 0.25) is 0 Å². The molecule has 0 aromatic heterocycles. The monoisotopic (exact) mass is 407 g/mol. The molecular formula is C24H29N3O3.